The Morgan fingerprint density at radius 2 is 2.09 bits per heavy atom. The normalized spacial score (nSPS) is 15.3. The topological polar surface area (TPSA) is 56.2 Å². The largest absolute Gasteiger partial charge is 0.481 e. The van der Waals surface area contributed by atoms with Crippen molar-refractivity contribution in [3.8, 4) is 5.75 Å². The van der Waals surface area contributed by atoms with Gasteiger partial charge in [0.25, 0.3) is 5.91 Å². The number of carbonyl (C=O) groups excluding carboxylic acids is 1. The minimum absolute atomic E-state index is 0.0653. The number of nitrogens with zero attached hydrogens (tertiary/aromatic N) is 2. The van der Waals surface area contributed by atoms with E-state index in [2.05, 4.69) is 49.2 Å². The maximum atomic E-state index is 12.2. The van der Waals surface area contributed by atoms with E-state index < -0.39 is 0 Å². The van der Waals surface area contributed by atoms with E-state index in [0.717, 1.165) is 8.95 Å². The van der Waals surface area contributed by atoms with Crippen LogP contribution in [0.2, 0.25) is 0 Å². The number of benzene rings is 1. The van der Waals surface area contributed by atoms with Crippen molar-refractivity contribution in [2.75, 3.05) is 11.9 Å². The average molecular weight is 443 g/mol. The summed E-state index contributed by atoms with van der Waals surface area (Å²) in [4.78, 5) is 12.2. The number of hydrogen-bond donors (Lipinski definition) is 1. The molecule has 1 amide bonds. The molecular weight excluding hydrogens is 426 g/mol. The van der Waals surface area contributed by atoms with Gasteiger partial charge < -0.3 is 10.1 Å². The number of ether oxygens (including phenoxy) is 1. The molecule has 7 heteroatoms. The van der Waals surface area contributed by atoms with Crippen LogP contribution in [0.25, 0.3) is 0 Å². The van der Waals surface area contributed by atoms with Crippen LogP contribution in [-0.4, -0.2) is 22.3 Å². The van der Waals surface area contributed by atoms with E-state index in [0.29, 0.717) is 23.5 Å². The molecule has 1 aromatic heterocycles. The smallest absolute Gasteiger partial charge is 0.263 e. The summed E-state index contributed by atoms with van der Waals surface area (Å²) in [5, 5.41) is 7.19. The lowest BCUT2D eigenvalue weighted by Gasteiger charge is -2.15. The summed E-state index contributed by atoms with van der Waals surface area (Å²) < 4.78 is 9.08. The fourth-order valence-electron chi connectivity index (χ4n) is 2.45. The Morgan fingerprint density at radius 1 is 1.39 bits per heavy atom. The van der Waals surface area contributed by atoms with Crippen LogP contribution < -0.4 is 10.1 Å². The summed E-state index contributed by atoms with van der Waals surface area (Å²) in [7, 11) is 0. The predicted octanol–water partition coefficient (Wildman–Crippen LogP) is 4.40. The molecule has 0 unspecified atom stereocenters. The SMILES string of the molecule is C[C@H](C1CC1)n1nccc1NC(=O)COc1c(Br)cccc1Br. The summed E-state index contributed by atoms with van der Waals surface area (Å²) in [5.41, 5.74) is 0. The van der Waals surface area contributed by atoms with Crippen LogP contribution in [0, 0.1) is 5.92 Å². The minimum atomic E-state index is -0.211. The van der Waals surface area contributed by atoms with Crippen molar-refractivity contribution in [3.63, 3.8) is 0 Å². The van der Waals surface area contributed by atoms with Gasteiger partial charge in [0.1, 0.15) is 11.6 Å². The van der Waals surface area contributed by atoms with Gasteiger partial charge in [-0.15, -0.1) is 0 Å². The Labute approximate surface area is 151 Å². The number of carbonyl (C=O) groups is 1. The molecule has 0 radical (unpaired) electrons. The molecule has 1 heterocycles. The van der Waals surface area contributed by atoms with E-state index in [9.17, 15) is 4.79 Å². The van der Waals surface area contributed by atoms with Crippen molar-refractivity contribution < 1.29 is 9.53 Å². The van der Waals surface area contributed by atoms with Crippen molar-refractivity contribution in [1.29, 1.82) is 0 Å². The Bertz CT molecular complexity index is 693. The Morgan fingerprint density at radius 3 is 2.74 bits per heavy atom. The highest BCUT2D eigenvalue weighted by Crippen LogP contribution is 2.40. The molecule has 1 saturated carbocycles. The number of anilines is 1. The number of halogens is 2. The quantitative estimate of drug-likeness (QED) is 0.721. The zero-order valence-corrected chi connectivity index (χ0v) is 15.8. The highest BCUT2D eigenvalue weighted by atomic mass is 79.9. The molecule has 1 aliphatic rings. The molecule has 1 aromatic carbocycles. The van der Waals surface area contributed by atoms with E-state index in [4.69, 9.17) is 4.74 Å². The molecule has 2 aromatic rings. The van der Waals surface area contributed by atoms with Crippen LogP contribution in [0.4, 0.5) is 5.82 Å². The van der Waals surface area contributed by atoms with Crippen LogP contribution in [0.1, 0.15) is 25.8 Å². The van der Waals surface area contributed by atoms with Crippen LogP contribution in [0.3, 0.4) is 0 Å². The van der Waals surface area contributed by atoms with E-state index in [-0.39, 0.29) is 12.5 Å². The van der Waals surface area contributed by atoms with E-state index in [1.54, 1.807) is 6.20 Å². The highest BCUT2D eigenvalue weighted by Gasteiger charge is 2.30. The fraction of sp³-hybridized carbons (Fsp3) is 0.375. The second kappa shape index (κ2) is 7.05. The monoisotopic (exact) mass is 441 g/mol. The van der Waals surface area contributed by atoms with Crippen LogP contribution in [0.5, 0.6) is 5.75 Å². The van der Waals surface area contributed by atoms with Gasteiger partial charge in [0.05, 0.1) is 21.2 Å². The zero-order valence-electron chi connectivity index (χ0n) is 12.6. The Kier molecular flexibility index (Phi) is 5.06. The van der Waals surface area contributed by atoms with Gasteiger partial charge in [0.15, 0.2) is 6.61 Å². The second-order valence-electron chi connectivity index (χ2n) is 5.63. The minimum Gasteiger partial charge on any atom is -0.481 e. The summed E-state index contributed by atoms with van der Waals surface area (Å²) in [6.07, 6.45) is 4.17. The van der Waals surface area contributed by atoms with Crippen LogP contribution >= 0.6 is 31.9 Å². The lowest BCUT2D eigenvalue weighted by atomic mass is 10.2. The molecule has 1 atom stereocenters. The molecule has 1 fully saturated rings. The first-order valence-corrected chi connectivity index (χ1v) is 9.05. The lowest BCUT2D eigenvalue weighted by molar-refractivity contribution is -0.118. The number of aromatic nitrogens is 2. The predicted molar refractivity (Wildman–Crippen MR) is 95.6 cm³/mol. The van der Waals surface area contributed by atoms with Gasteiger partial charge in [-0.1, -0.05) is 6.07 Å². The van der Waals surface area contributed by atoms with E-state index in [1.807, 2.05) is 28.9 Å². The third kappa shape index (κ3) is 3.95. The molecule has 5 nitrogen and oxygen atoms in total. The number of rotatable bonds is 6. The summed E-state index contributed by atoms with van der Waals surface area (Å²) >= 11 is 6.82. The third-order valence-corrected chi connectivity index (χ3v) is 5.14. The first-order valence-electron chi connectivity index (χ1n) is 7.46. The molecule has 1 aliphatic carbocycles. The number of para-hydroxylation sites is 1. The first kappa shape index (κ1) is 16.5. The molecule has 0 saturated heterocycles. The molecule has 3 rings (SSSR count). The lowest BCUT2D eigenvalue weighted by Crippen LogP contribution is -2.23. The van der Waals surface area contributed by atoms with Crippen molar-refractivity contribution in [1.82, 2.24) is 9.78 Å². The molecule has 0 spiro atoms. The van der Waals surface area contributed by atoms with Gasteiger partial charge in [-0.3, -0.25) is 4.79 Å². The van der Waals surface area contributed by atoms with Gasteiger partial charge >= 0.3 is 0 Å². The summed E-state index contributed by atoms with van der Waals surface area (Å²) in [6.45, 7) is 2.07. The maximum Gasteiger partial charge on any atom is 0.263 e. The second-order valence-corrected chi connectivity index (χ2v) is 7.34. The molecule has 23 heavy (non-hydrogen) atoms. The fourth-order valence-corrected chi connectivity index (χ4v) is 3.68. The molecule has 122 valence electrons. The third-order valence-electron chi connectivity index (χ3n) is 3.89. The summed E-state index contributed by atoms with van der Waals surface area (Å²) in [5.74, 6) is 1.78. The van der Waals surface area contributed by atoms with E-state index in [1.165, 1.54) is 12.8 Å². The van der Waals surface area contributed by atoms with Crippen LogP contribution in [-0.2, 0) is 4.79 Å². The van der Waals surface area contributed by atoms with Gasteiger partial charge in [-0.2, -0.15) is 5.10 Å². The number of nitrogens with one attached hydrogen (secondary N) is 1. The molecule has 1 N–H and O–H groups in total. The number of amides is 1. The van der Waals surface area contributed by atoms with Gasteiger partial charge in [0.2, 0.25) is 0 Å². The molecule has 0 bridgehead atoms. The van der Waals surface area contributed by atoms with Crippen LogP contribution in [0.15, 0.2) is 39.4 Å². The standard InChI is InChI=1S/C16H17Br2N3O2/c1-10(11-5-6-11)21-14(7-8-19-21)20-15(22)9-23-16-12(17)3-2-4-13(16)18/h2-4,7-8,10-11H,5-6,9H2,1H3,(H,20,22)/t10-/m1/s1. The highest BCUT2D eigenvalue weighted by molar-refractivity contribution is 9.11. The van der Waals surface area contributed by atoms with Crippen molar-refractivity contribution in [2.24, 2.45) is 5.92 Å². The van der Waals surface area contributed by atoms with E-state index >= 15 is 0 Å². The molecule has 0 aliphatic heterocycles. The molecular formula is C16H17Br2N3O2. The van der Waals surface area contributed by atoms with Crippen molar-refractivity contribution >= 4 is 43.6 Å². The Balaban J connectivity index is 1.61. The van der Waals surface area contributed by atoms with Gasteiger partial charge in [-0.05, 0) is 69.7 Å². The Hall–Kier alpha value is -1.34. The van der Waals surface area contributed by atoms with Crippen molar-refractivity contribution in [3.05, 3.63) is 39.4 Å². The first-order chi connectivity index (χ1) is 11.1. The summed E-state index contributed by atoms with van der Waals surface area (Å²) in [6, 6.07) is 7.73. The zero-order chi connectivity index (χ0) is 16.4. The van der Waals surface area contributed by atoms with Crippen molar-refractivity contribution in [2.45, 2.75) is 25.8 Å². The van der Waals surface area contributed by atoms with Gasteiger partial charge in [0, 0.05) is 6.07 Å². The van der Waals surface area contributed by atoms with Gasteiger partial charge in [-0.25, -0.2) is 4.68 Å². The average Bonchev–Trinajstić information content (AvgIpc) is 3.26. The number of hydrogen-bond acceptors (Lipinski definition) is 3. The maximum absolute atomic E-state index is 12.2.